The second-order valence-electron chi connectivity index (χ2n) is 4.10. The minimum atomic E-state index is -3.65. The molecule has 0 spiro atoms. The maximum absolute atomic E-state index is 13.7. The molecule has 20 heavy (non-hydrogen) atoms. The van der Waals surface area contributed by atoms with Crippen LogP contribution in [0.15, 0.2) is 54.6 Å². The summed E-state index contributed by atoms with van der Waals surface area (Å²) in [6, 6.07) is 15.0. The molecule has 0 aliphatic rings. The van der Waals surface area contributed by atoms with Crippen molar-refractivity contribution in [3.63, 3.8) is 0 Å². The minimum Gasteiger partial charge on any atom is -0.457 e. The van der Waals surface area contributed by atoms with E-state index in [0.717, 1.165) is 18.2 Å². The summed E-state index contributed by atoms with van der Waals surface area (Å²) < 4.78 is 32.9. The van der Waals surface area contributed by atoms with Crippen molar-refractivity contribution in [3.8, 4) is 17.6 Å². The maximum Gasteiger partial charge on any atom is 0.311 e. The van der Waals surface area contributed by atoms with Gasteiger partial charge in [0.2, 0.25) is 6.10 Å². The number of para-hydroxylation sites is 1. The molecule has 2 aromatic rings. The monoisotopic (exact) mass is 275 g/mol. The van der Waals surface area contributed by atoms with Gasteiger partial charge in [-0.3, -0.25) is 0 Å². The van der Waals surface area contributed by atoms with E-state index < -0.39 is 17.6 Å². The van der Waals surface area contributed by atoms with Gasteiger partial charge in [-0.25, -0.2) is 0 Å². The number of hydrogen-bond acceptors (Lipinski definition) is 3. The first kappa shape index (κ1) is 14.0. The number of nitrogens with zero attached hydrogens (tertiary/aromatic N) is 1. The van der Waals surface area contributed by atoms with Crippen molar-refractivity contribution >= 4 is 0 Å². The standard InChI is InChI=1S/C15H11F2NO2/c16-15(17,14(19)10-18)11-5-4-8-13(9-11)20-12-6-2-1-3-7-12/h1-9,14,19H. The Morgan fingerprint density at radius 3 is 2.35 bits per heavy atom. The molecule has 1 atom stereocenters. The van der Waals surface area contributed by atoms with Crippen molar-refractivity contribution in [3.05, 3.63) is 60.2 Å². The summed E-state index contributed by atoms with van der Waals surface area (Å²) in [5.41, 5.74) is -0.472. The Kier molecular flexibility index (Phi) is 3.97. The van der Waals surface area contributed by atoms with Gasteiger partial charge in [-0.1, -0.05) is 30.3 Å². The highest BCUT2D eigenvalue weighted by molar-refractivity contribution is 5.36. The first-order valence-electron chi connectivity index (χ1n) is 5.83. The lowest BCUT2D eigenvalue weighted by Crippen LogP contribution is -2.29. The van der Waals surface area contributed by atoms with E-state index in [4.69, 9.17) is 15.1 Å². The quantitative estimate of drug-likeness (QED) is 0.869. The van der Waals surface area contributed by atoms with Gasteiger partial charge in [0, 0.05) is 5.56 Å². The van der Waals surface area contributed by atoms with Crippen molar-refractivity contribution in [2.24, 2.45) is 0 Å². The average molecular weight is 275 g/mol. The number of benzene rings is 2. The fourth-order valence-corrected chi connectivity index (χ4v) is 1.63. The second kappa shape index (κ2) is 5.68. The Morgan fingerprint density at radius 1 is 1.05 bits per heavy atom. The van der Waals surface area contributed by atoms with Crippen molar-refractivity contribution in [2.45, 2.75) is 12.0 Å². The lowest BCUT2D eigenvalue weighted by atomic mass is 10.0. The molecule has 0 amide bonds. The molecule has 0 radical (unpaired) electrons. The molecule has 0 saturated carbocycles. The van der Waals surface area contributed by atoms with Crippen molar-refractivity contribution in [1.29, 1.82) is 5.26 Å². The van der Waals surface area contributed by atoms with Gasteiger partial charge in [0.15, 0.2) is 0 Å². The van der Waals surface area contributed by atoms with Crippen LogP contribution < -0.4 is 4.74 Å². The largest absolute Gasteiger partial charge is 0.457 e. The van der Waals surface area contributed by atoms with E-state index >= 15 is 0 Å². The molecule has 102 valence electrons. The third kappa shape index (κ3) is 2.92. The van der Waals surface area contributed by atoms with Crippen LogP contribution >= 0.6 is 0 Å². The van der Waals surface area contributed by atoms with E-state index in [0.29, 0.717) is 5.75 Å². The number of ether oxygens (including phenoxy) is 1. The van der Waals surface area contributed by atoms with Gasteiger partial charge in [0.1, 0.15) is 17.6 Å². The molecule has 0 heterocycles. The lowest BCUT2D eigenvalue weighted by Gasteiger charge is -2.18. The molecule has 0 aliphatic heterocycles. The summed E-state index contributed by atoms with van der Waals surface area (Å²) in [6.07, 6.45) is -2.39. The van der Waals surface area contributed by atoms with Crippen LogP contribution in [0.2, 0.25) is 0 Å². The number of aliphatic hydroxyl groups is 1. The summed E-state index contributed by atoms with van der Waals surface area (Å²) in [6.45, 7) is 0. The number of aliphatic hydroxyl groups excluding tert-OH is 1. The van der Waals surface area contributed by atoms with Gasteiger partial charge >= 0.3 is 5.92 Å². The molecule has 0 fully saturated rings. The molecule has 0 bridgehead atoms. The van der Waals surface area contributed by atoms with Gasteiger partial charge in [-0.05, 0) is 24.3 Å². The van der Waals surface area contributed by atoms with Crippen molar-refractivity contribution in [1.82, 2.24) is 0 Å². The second-order valence-corrected chi connectivity index (χ2v) is 4.10. The zero-order valence-corrected chi connectivity index (χ0v) is 10.3. The third-order valence-corrected chi connectivity index (χ3v) is 2.66. The van der Waals surface area contributed by atoms with E-state index in [9.17, 15) is 8.78 Å². The van der Waals surface area contributed by atoms with E-state index in [1.165, 1.54) is 12.1 Å². The predicted octanol–water partition coefficient (Wildman–Crippen LogP) is 3.46. The number of nitriles is 1. The van der Waals surface area contributed by atoms with Crippen LogP contribution in [-0.2, 0) is 5.92 Å². The summed E-state index contributed by atoms with van der Waals surface area (Å²) in [4.78, 5) is 0. The SMILES string of the molecule is N#CC(O)C(F)(F)c1cccc(Oc2ccccc2)c1. The Hall–Kier alpha value is -2.45. The van der Waals surface area contributed by atoms with E-state index in [1.54, 1.807) is 30.3 Å². The van der Waals surface area contributed by atoms with Crippen molar-refractivity contribution < 1.29 is 18.6 Å². The topological polar surface area (TPSA) is 53.2 Å². The molecule has 0 saturated heterocycles. The lowest BCUT2D eigenvalue weighted by molar-refractivity contribution is -0.0893. The molecule has 5 heteroatoms. The van der Waals surface area contributed by atoms with Crippen LogP contribution in [0.5, 0.6) is 11.5 Å². The average Bonchev–Trinajstić information content (AvgIpc) is 2.47. The maximum atomic E-state index is 13.7. The minimum absolute atomic E-state index is 0.207. The summed E-state index contributed by atoms with van der Waals surface area (Å²) in [5.74, 6) is -2.93. The van der Waals surface area contributed by atoms with Gasteiger partial charge in [-0.15, -0.1) is 0 Å². The number of hydrogen-bond donors (Lipinski definition) is 1. The van der Waals surface area contributed by atoms with E-state index in [2.05, 4.69) is 0 Å². The van der Waals surface area contributed by atoms with Crippen LogP contribution in [0, 0.1) is 11.3 Å². The van der Waals surface area contributed by atoms with Crippen LogP contribution in [0.1, 0.15) is 5.56 Å². The van der Waals surface area contributed by atoms with Crippen LogP contribution in [0.3, 0.4) is 0 Å². The normalized spacial score (nSPS) is 12.5. The van der Waals surface area contributed by atoms with Gasteiger partial charge in [0.05, 0.1) is 0 Å². The predicted molar refractivity (Wildman–Crippen MR) is 68.5 cm³/mol. The number of halogens is 2. The third-order valence-electron chi connectivity index (χ3n) is 2.66. The molecular weight excluding hydrogens is 264 g/mol. The Labute approximate surface area is 114 Å². The molecular formula is C15H11F2NO2. The van der Waals surface area contributed by atoms with Crippen LogP contribution in [0.25, 0.3) is 0 Å². The van der Waals surface area contributed by atoms with Gasteiger partial charge < -0.3 is 9.84 Å². The Balaban J connectivity index is 2.27. The van der Waals surface area contributed by atoms with Gasteiger partial charge in [-0.2, -0.15) is 14.0 Å². The number of alkyl halides is 2. The highest BCUT2D eigenvalue weighted by atomic mass is 19.3. The molecule has 0 aromatic heterocycles. The molecule has 3 nitrogen and oxygen atoms in total. The molecule has 1 unspecified atom stereocenters. The summed E-state index contributed by atoms with van der Waals surface area (Å²) in [5, 5.41) is 17.5. The van der Waals surface area contributed by atoms with Gasteiger partial charge in [0.25, 0.3) is 0 Å². The zero-order valence-electron chi connectivity index (χ0n) is 10.3. The molecule has 2 aromatic carbocycles. The highest BCUT2D eigenvalue weighted by Gasteiger charge is 2.41. The Bertz CT molecular complexity index is 623. The summed E-state index contributed by atoms with van der Waals surface area (Å²) in [7, 11) is 0. The van der Waals surface area contributed by atoms with E-state index in [-0.39, 0.29) is 5.75 Å². The smallest absolute Gasteiger partial charge is 0.311 e. The van der Waals surface area contributed by atoms with Crippen LogP contribution in [-0.4, -0.2) is 11.2 Å². The fraction of sp³-hybridized carbons (Fsp3) is 0.133. The first-order chi connectivity index (χ1) is 9.54. The zero-order chi connectivity index (χ0) is 14.6. The highest BCUT2D eigenvalue weighted by Crippen LogP contribution is 2.34. The van der Waals surface area contributed by atoms with E-state index in [1.807, 2.05) is 0 Å². The molecule has 0 aliphatic carbocycles. The fourth-order valence-electron chi connectivity index (χ4n) is 1.63. The first-order valence-corrected chi connectivity index (χ1v) is 5.83. The molecule has 2 rings (SSSR count). The number of rotatable bonds is 4. The Morgan fingerprint density at radius 2 is 1.70 bits per heavy atom. The van der Waals surface area contributed by atoms with Crippen molar-refractivity contribution in [2.75, 3.05) is 0 Å². The summed E-state index contributed by atoms with van der Waals surface area (Å²) >= 11 is 0. The molecule has 1 N–H and O–H groups in total. The van der Waals surface area contributed by atoms with Crippen LogP contribution in [0.4, 0.5) is 8.78 Å².